The Hall–Kier alpha value is -2.19. The molecule has 1 amide bonds. The fourth-order valence-electron chi connectivity index (χ4n) is 5.95. The predicted octanol–water partition coefficient (Wildman–Crippen LogP) is 2.43. The number of nitrogens with two attached hydrogens (primary N) is 1. The molecule has 4 atom stereocenters. The van der Waals surface area contributed by atoms with Gasteiger partial charge < -0.3 is 20.6 Å². The van der Waals surface area contributed by atoms with Crippen LogP contribution in [0.2, 0.25) is 0 Å². The van der Waals surface area contributed by atoms with Gasteiger partial charge in [-0.25, -0.2) is 9.50 Å². The lowest BCUT2D eigenvalue weighted by molar-refractivity contribution is -0.143. The van der Waals surface area contributed by atoms with E-state index in [0.717, 1.165) is 93.7 Å². The largest absolute Gasteiger partial charge is 0.396 e. The van der Waals surface area contributed by atoms with E-state index in [2.05, 4.69) is 22.8 Å². The molecule has 0 radical (unpaired) electrons. The Morgan fingerprint density at radius 2 is 1.97 bits per heavy atom. The lowest BCUT2D eigenvalue weighted by Gasteiger charge is -2.39. The number of carbonyl (C=O) groups excluding carboxylic acids is 1. The molecule has 3 fully saturated rings. The molecule has 174 valence electrons. The van der Waals surface area contributed by atoms with Gasteiger partial charge in [0.2, 0.25) is 5.91 Å². The van der Waals surface area contributed by atoms with Gasteiger partial charge in [0.1, 0.15) is 5.82 Å². The van der Waals surface area contributed by atoms with Crippen LogP contribution in [0, 0.1) is 18.8 Å². The van der Waals surface area contributed by atoms with Gasteiger partial charge in [-0.3, -0.25) is 4.79 Å². The molecule has 0 aromatic carbocycles. The van der Waals surface area contributed by atoms with Crippen molar-refractivity contribution in [2.24, 2.45) is 17.6 Å². The standard InChI is InChI=1S/C24H36N6O2/c1-16-13-30-22(26-23(16)28-11-9-18(25)14-28)12-20(27-30)21-8-4-5-10-29(21)24(32)19-7-3-2-6-17(19)15-31/h12-13,17-19,21,31H,2-11,14-15,25H2,1H3/t17?,18-,19?,21-/m0/s1. The van der Waals surface area contributed by atoms with Crippen LogP contribution in [0.4, 0.5) is 5.82 Å². The van der Waals surface area contributed by atoms with Crippen molar-refractivity contribution in [1.29, 1.82) is 0 Å². The molecule has 5 rings (SSSR count). The number of aryl methyl sites for hydroxylation is 1. The monoisotopic (exact) mass is 440 g/mol. The third-order valence-corrected chi connectivity index (χ3v) is 7.74. The van der Waals surface area contributed by atoms with Gasteiger partial charge in [-0.1, -0.05) is 12.8 Å². The van der Waals surface area contributed by atoms with Crippen LogP contribution in [0.1, 0.15) is 68.7 Å². The van der Waals surface area contributed by atoms with Crippen molar-refractivity contribution in [3.05, 3.63) is 23.5 Å². The molecule has 8 nitrogen and oxygen atoms in total. The summed E-state index contributed by atoms with van der Waals surface area (Å²) in [6.07, 6.45) is 10.1. The molecule has 32 heavy (non-hydrogen) atoms. The lowest BCUT2D eigenvalue weighted by atomic mass is 9.78. The van der Waals surface area contributed by atoms with Crippen LogP contribution in [-0.4, -0.2) is 62.8 Å². The zero-order valence-corrected chi connectivity index (χ0v) is 19.1. The van der Waals surface area contributed by atoms with Gasteiger partial charge in [-0.05, 0) is 51.4 Å². The van der Waals surface area contributed by atoms with Gasteiger partial charge in [0, 0.05) is 56.0 Å². The van der Waals surface area contributed by atoms with E-state index in [9.17, 15) is 9.90 Å². The molecule has 0 bridgehead atoms. The van der Waals surface area contributed by atoms with Gasteiger partial charge in [0.15, 0.2) is 5.65 Å². The van der Waals surface area contributed by atoms with E-state index in [-0.39, 0.29) is 36.4 Å². The highest BCUT2D eigenvalue weighted by Gasteiger charge is 2.38. The van der Waals surface area contributed by atoms with Gasteiger partial charge in [0.25, 0.3) is 0 Å². The van der Waals surface area contributed by atoms with Crippen molar-refractivity contribution in [3.8, 4) is 0 Å². The summed E-state index contributed by atoms with van der Waals surface area (Å²) >= 11 is 0. The minimum atomic E-state index is -0.0577. The molecule has 2 aromatic heterocycles. The number of anilines is 1. The lowest BCUT2D eigenvalue weighted by Crippen LogP contribution is -2.45. The SMILES string of the molecule is Cc1cn2nc([C@@H]3CCCCN3C(=O)C3CCCCC3CO)cc2nc1N1CC[C@H](N)C1. The van der Waals surface area contributed by atoms with E-state index < -0.39 is 0 Å². The van der Waals surface area contributed by atoms with E-state index in [1.807, 2.05) is 10.7 Å². The van der Waals surface area contributed by atoms with Gasteiger partial charge in [-0.15, -0.1) is 0 Å². The second-order valence-corrected chi connectivity index (χ2v) is 9.99. The predicted molar refractivity (Wildman–Crippen MR) is 123 cm³/mol. The molecular weight excluding hydrogens is 404 g/mol. The quantitative estimate of drug-likeness (QED) is 0.757. The van der Waals surface area contributed by atoms with Crippen LogP contribution >= 0.6 is 0 Å². The third kappa shape index (κ3) is 3.99. The summed E-state index contributed by atoms with van der Waals surface area (Å²) in [5.74, 6) is 1.24. The molecule has 1 aliphatic carbocycles. The van der Waals surface area contributed by atoms with Crippen molar-refractivity contribution in [2.45, 2.75) is 70.4 Å². The number of aromatic nitrogens is 3. The first-order chi connectivity index (χ1) is 15.5. The highest BCUT2D eigenvalue weighted by molar-refractivity contribution is 5.80. The molecule has 1 saturated carbocycles. The Bertz CT molecular complexity index is 975. The van der Waals surface area contributed by atoms with Crippen LogP contribution in [0.25, 0.3) is 5.65 Å². The minimum absolute atomic E-state index is 0.0109. The van der Waals surface area contributed by atoms with E-state index >= 15 is 0 Å². The average Bonchev–Trinajstić information content (AvgIpc) is 3.43. The molecular formula is C24H36N6O2. The van der Waals surface area contributed by atoms with E-state index in [1.165, 1.54) is 0 Å². The summed E-state index contributed by atoms with van der Waals surface area (Å²) in [6, 6.07) is 2.25. The van der Waals surface area contributed by atoms with Crippen LogP contribution in [-0.2, 0) is 4.79 Å². The number of rotatable bonds is 4. The summed E-state index contributed by atoms with van der Waals surface area (Å²) in [6.45, 7) is 4.72. The number of hydrogen-bond acceptors (Lipinski definition) is 6. The molecule has 0 spiro atoms. The second-order valence-electron chi connectivity index (χ2n) is 9.99. The maximum atomic E-state index is 13.6. The summed E-state index contributed by atoms with van der Waals surface area (Å²) in [7, 11) is 0. The zero-order valence-electron chi connectivity index (χ0n) is 19.1. The van der Waals surface area contributed by atoms with Crippen molar-refractivity contribution in [2.75, 3.05) is 31.1 Å². The number of hydrogen-bond donors (Lipinski definition) is 2. The first kappa shape index (κ1) is 21.6. The highest BCUT2D eigenvalue weighted by atomic mass is 16.3. The smallest absolute Gasteiger partial charge is 0.226 e. The van der Waals surface area contributed by atoms with Crippen molar-refractivity contribution >= 4 is 17.4 Å². The fraction of sp³-hybridized carbons (Fsp3) is 0.708. The Morgan fingerprint density at radius 1 is 1.16 bits per heavy atom. The van der Waals surface area contributed by atoms with Crippen molar-refractivity contribution in [1.82, 2.24) is 19.5 Å². The number of piperidine rings is 1. The topological polar surface area (TPSA) is 100.0 Å². The number of fused-ring (bicyclic) bond motifs is 1. The number of nitrogens with zero attached hydrogens (tertiary/aromatic N) is 5. The first-order valence-electron chi connectivity index (χ1n) is 12.3. The Labute approximate surface area is 189 Å². The second kappa shape index (κ2) is 8.98. The molecule has 2 aliphatic heterocycles. The van der Waals surface area contributed by atoms with Crippen LogP contribution < -0.4 is 10.6 Å². The summed E-state index contributed by atoms with van der Waals surface area (Å²) < 4.78 is 1.86. The van der Waals surface area contributed by atoms with E-state index in [1.54, 1.807) is 0 Å². The number of aliphatic hydroxyl groups excluding tert-OH is 1. The van der Waals surface area contributed by atoms with Crippen LogP contribution in [0.5, 0.6) is 0 Å². The number of amides is 1. The Morgan fingerprint density at radius 3 is 2.75 bits per heavy atom. The number of aliphatic hydroxyl groups is 1. The highest BCUT2D eigenvalue weighted by Crippen LogP contribution is 2.37. The van der Waals surface area contributed by atoms with Crippen molar-refractivity contribution < 1.29 is 9.90 Å². The first-order valence-corrected chi connectivity index (χ1v) is 12.3. The summed E-state index contributed by atoms with van der Waals surface area (Å²) in [5, 5.41) is 14.7. The third-order valence-electron chi connectivity index (χ3n) is 7.74. The van der Waals surface area contributed by atoms with E-state index in [0.29, 0.717) is 0 Å². The molecule has 8 heteroatoms. The van der Waals surface area contributed by atoms with Gasteiger partial charge in [0.05, 0.1) is 11.7 Å². The van der Waals surface area contributed by atoms with Crippen LogP contribution in [0.3, 0.4) is 0 Å². The Kier molecular flexibility index (Phi) is 6.07. The van der Waals surface area contributed by atoms with E-state index in [4.69, 9.17) is 15.8 Å². The molecule has 2 unspecified atom stereocenters. The van der Waals surface area contributed by atoms with Crippen LogP contribution in [0.15, 0.2) is 12.3 Å². The molecule has 3 aliphatic rings. The number of carbonyl (C=O) groups is 1. The van der Waals surface area contributed by atoms with Gasteiger partial charge in [-0.2, -0.15) is 5.10 Å². The zero-order chi connectivity index (χ0) is 22.2. The fourth-order valence-corrected chi connectivity index (χ4v) is 5.95. The molecule has 2 aromatic rings. The minimum Gasteiger partial charge on any atom is -0.396 e. The summed E-state index contributed by atoms with van der Waals surface area (Å²) in [5.41, 5.74) is 8.95. The maximum Gasteiger partial charge on any atom is 0.226 e. The average molecular weight is 441 g/mol. The number of likely N-dealkylation sites (tertiary alicyclic amines) is 1. The molecule has 3 N–H and O–H groups in total. The molecule has 4 heterocycles. The van der Waals surface area contributed by atoms with Crippen molar-refractivity contribution in [3.63, 3.8) is 0 Å². The maximum absolute atomic E-state index is 13.6. The molecule has 2 saturated heterocycles. The summed E-state index contributed by atoms with van der Waals surface area (Å²) in [4.78, 5) is 22.8. The normalized spacial score (nSPS) is 29.1. The Balaban J connectivity index is 1.43. The van der Waals surface area contributed by atoms with Gasteiger partial charge >= 0.3 is 0 Å².